The summed E-state index contributed by atoms with van der Waals surface area (Å²) in [6, 6.07) is 11.3. The fourth-order valence-corrected chi connectivity index (χ4v) is 3.68. The number of fused-ring (bicyclic) bond motifs is 2. The molecule has 0 atom stereocenters. The molecule has 31 heavy (non-hydrogen) atoms. The number of sulfonamides is 1. The van der Waals surface area contributed by atoms with Crippen molar-refractivity contribution in [2.45, 2.75) is 4.90 Å². The highest BCUT2D eigenvalue weighted by Gasteiger charge is 2.15. The fourth-order valence-electron chi connectivity index (χ4n) is 2.84. The summed E-state index contributed by atoms with van der Waals surface area (Å²) in [5, 5.41) is 2.74. The molecule has 2 N–H and O–H groups in total. The maximum absolute atomic E-state index is 13.1. The van der Waals surface area contributed by atoms with Gasteiger partial charge in [-0.3, -0.25) is 14.7 Å². The summed E-state index contributed by atoms with van der Waals surface area (Å²) in [4.78, 5) is 16.1. The Morgan fingerprint density at radius 1 is 0.710 bits per heavy atom. The van der Waals surface area contributed by atoms with Gasteiger partial charge in [0.25, 0.3) is 10.0 Å². The highest BCUT2D eigenvalue weighted by molar-refractivity contribution is 7.92. The van der Waals surface area contributed by atoms with Crippen LogP contribution in [0.4, 0.5) is 17.3 Å². The Balaban J connectivity index is 1.53. The van der Waals surface area contributed by atoms with Gasteiger partial charge in [-0.1, -0.05) is 24.3 Å². The quantitative estimate of drug-likeness (QED) is 0.430. The number of aromatic nitrogens is 4. The predicted molar refractivity (Wildman–Crippen MR) is 120 cm³/mol. The molecule has 9 heteroatoms. The summed E-state index contributed by atoms with van der Waals surface area (Å²) in [7, 11) is -4.53. The Bertz CT molecular complexity index is 1700. The normalized spacial score (nSPS) is 13.3. The van der Waals surface area contributed by atoms with Crippen LogP contribution >= 0.6 is 0 Å². The lowest BCUT2D eigenvalue weighted by Crippen LogP contribution is -2.14. The second kappa shape index (κ2) is 7.62. The maximum atomic E-state index is 13.1. The van der Waals surface area contributed by atoms with Gasteiger partial charge in [-0.25, -0.2) is 18.4 Å². The Kier molecular flexibility index (Phi) is 3.64. The Morgan fingerprint density at radius 2 is 1.23 bits per heavy atom. The molecular weight excluding hydrogens is 412 g/mol. The third-order valence-corrected chi connectivity index (χ3v) is 5.48. The van der Waals surface area contributed by atoms with E-state index in [9.17, 15) is 8.42 Å². The largest absolute Gasteiger partial charge is 0.339 e. The number of nitrogens with one attached hydrogen (secondary N) is 2. The fraction of sp³-hybridized carbons (Fsp3) is 0. The Morgan fingerprint density at radius 3 is 1.84 bits per heavy atom. The Hall–Kier alpha value is -4.11. The smallest absolute Gasteiger partial charge is 0.263 e. The van der Waals surface area contributed by atoms with Gasteiger partial charge >= 0.3 is 0 Å². The molecule has 3 aromatic carbocycles. The minimum Gasteiger partial charge on any atom is -0.339 e. The van der Waals surface area contributed by atoms with Gasteiger partial charge in [-0.05, 0) is 48.4 Å². The van der Waals surface area contributed by atoms with Crippen molar-refractivity contribution < 1.29 is 13.9 Å². The van der Waals surface area contributed by atoms with Gasteiger partial charge in [0.15, 0.2) is 5.82 Å². The SMILES string of the molecule is [2H]c1c([2H])c(S(=O)(=O)Nc2cnc3ccccc3n2)c([2H])c([2H])c1Nc1cnc2ccccc2n1. The molecule has 0 unspecified atom stereocenters. The first-order valence-corrected chi connectivity index (χ1v) is 10.6. The van der Waals surface area contributed by atoms with Crippen LogP contribution in [0.3, 0.4) is 0 Å². The summed E-state index contributed by atoms with van der Waals surface area (Å²) in [6.07, 6.45) is 2.60. The number of para-hydroxylation sites is 4. The van der Waals surface area contributed by atoms with E-state index < -0.39 is 39.1 Å². The van der Waals surface area contributed by atoms with Gasteiger partial charge in [0.05, 0.1) is 44.8 Å². The van der Waals surface area contributed by atoms with E-state index in [4.69, 9.17) is 5.48 Å². The average molecular weight is 433 g/mol. The van der Waals surface area contributed by atoms with E-state index in [-0.39, 0.29) is 17.3 Å². The first-order chi connectivity index (χ1) is 16.7. The van der Waals surface area contributed by atoms with Gasteiger partial charge in [-0.2, -0.15) is 0 Å². The van der Waals surface area contributed by atoms with Gasteiger partial charge in [0, 0.05) is 5.69 Å². The lowest BCUT2D eigenvalue weighted by atomic mass is 10.3. The summed E-state index contributed by atoms with van der Waals surface area (Å²) in [6.45, 7) is 0. The van der Waals surface area contributed by atoms with E-state index >= 15 is 0 Å². The molecule has 0 aliphatic carbocycles. The molecule has 8 nitrogen and oxygen atoms in total. The highest BCUT2D eigenvalue weighted by Crippen LogP contribution is 2.21. The van der Waals surface area contributed by atoms with Crippen LogP contribution in [0.2, 0.25) is 0 Å². The molecule has 0 aliphatic rings. The van der Waals surface area contributed by atoms with Crippen molar-refractivity contribution in [2.75, 3.05) is 10.0 Å². The second-order valence-corrected chi connectivity index (χ2v) is 8.04. The zero-order valence-electron chi connectivity index (χ0n) is 19.8. The molecule has 0 fully saturated rings. The number of hydrogen-bond donors (Lipinski definition) is 2. The third-order valence-electron chi connectivity index (χ3n) is 4.26. The van der Waals surface area contributed by atoms with Crippen LogP contribution in [0.25, 0.3) is 22.1 Å². The molecule has 5 rings (SSSR count). The zero-order chi connectivity index (χ0) is 24.7. The standard InChI is InChI=1S/C22H16N6O2S/c29-31(30,28-22-14-24-18-6-2-4-8-20(18)27-22)16-11-9-15(10-12-16)25-21-13-23-17-5-1-3-7-19(17)26-21/h1-14H,(H,25,26)(H,27,28)/i9D,10D,11D,12D. The van der Waals surface area contributed by atoms with Crippen LogP contribution in [0, 0.1) is 0 Å². The molecular formula is C22H16N6O2S. The van der Waals surface area contributed by atoms with E-state index in [2.05, 4.69) is 30.0 Å². The molecule has 0 saturated heterocycles. The van der Waals surface area contributed by atoms with E-state index in [0.29, 0.717) is 22.1 Å². The summed E-state index contributed by atoms with van der Waals surface area (Å²) < 4.78 is 61.6. The molecule has 0 spiro atoms. The molecule has 0 radical (unpaired) electrons. The van der Waals surface area contributed by atoms with Crippen molar-refractivity contribution in [1.82, 2.24) is 19.9 Å². The van der Waals surface area contributed by atoms with Gasteiger partial charge in [-0.15, -0.1) is 0 Å². The van der Waals surface area contributed by atoms with Gasteiger partial charge in [0.1, 0.15) is 5.82 Å². The highest BCUT2D eigenvalue weighted by atomic mass is 32.2. The summed E-state index contributed by atoms with van der Waals surface area (Å²) in [5.41, 5.74) is 1.98. The van der Waals surface area contributed by atoms with E-state index in [1.807, 2.05) is 6.07 Å². The summed E-state index contributed by atoms with van der Waals surface area (Å²) in [5.74, 6) is 0.0684. The monoisotopic (exact) mass is 432 g/mol. The number of anilines is 3. The molecule has 0 saturated carbocycles. The molecule has 0 aliphatic heterocycles. The predicted octanol–water partition coefficient (Wildman–Crippen LogP) is 4.12. The van der Waals surface area contributed by atoms with Crippen LogP contribution in [-0.4, -0.2) is 28.4 Å². The van der Waals surface area contributed by atoms with E-state index in [1.54, 1.807) is 42.5 Å². The van der Waals surface area contributed by atoms with Crippen LogP contribution in [-0.2, 0) is 10.0 Å². The van der Waals surface area contributed by atoms with Crippen molar-refractivity contribution in [3.8, 4) is 0 Å². The average Bonchev–Trinajstić information content (AvgIpc) is 2.85. The molecule has 2 aromatic heterocycles. The van der Waals surface area contributed by atoms with E-state index in [1.165, 1.54) is 12.4 Å². The second-order valence-electron chi connectivity index (χ2n) is 6.42. The topological polar surface area (TPSA) is 110 Å². The van der Waals surface area contributed by atoms with Crippen LogP contribution in [0.15, 0.2) is 90.0 Å². The maximum Gasteiger partial charge on any atom is 0.263 e. The number of hydrogen-bond acceptors (Lipinski definition) is 7. The van der Waals surface area contributed by atoms with Crippen molar-refractivity contribution in [2.24, 2.45) is 0 Å². The van der Waals surface area contributed by atoms with Crippen LogP contribution in [0.5, 0.6) is 0 Å². The van der Waals surface area contributed by atoms with Gasteiger partial charge < -0.3 is 5.32 Å². The Labute approximate surface area is 183 Å². The van der Waals surface area contributed by atoms with Crippen LogP contribution < -0.4 is 10.0 Å². The van der Waals surface area contributed by atoms with Gasteiger partial charge in [0.2, 0.25) is 0 Å². The minimum atomic E-state index is -4.53. The van der Waals surface area contributed by atoms with Crippen molar-refractivity contribution in [1.29, 1.82) is 0 Å². The molecule has 5 aromatic rings. The zero-order valence-corrected chi connectivity index (χ0v) is 16.6. The van der Waals surface area contributed by atoms with E-state index in [0.717, 1.165) is 0 Å². The molecule has 2 heterocycles. The van der Waals surface area contributed by atoms with Crippen molar-refractivity contribution in [3.05, 3.63) is 85.1 Å². The number of benzene rings is 3. The summed E-state index contributed by atoms with van der Waals surface area (Å²) >= 11 is 0. The molecule has 0 amide bonds. The first kappa shape index (κ1) is 14.8. The lowest BCUT2D eigenvalue weighted by molar-refractivity contribution is 0.601. The number of nitrogens with zero attached hydrogens (tertiary/aromatic N) is 4. The third kappa shape index (κ3) is 3.99. The molecule has 0 bridgehead atoms. The van der Waals surface area contributed by atoms with Crippen molar-refractivity contribution >= 4 is 49.4 Å². The van der Waals surface area contributed by atoms with Crippen LogP contribution in [0.1, 0.15) is 5.48 Å². The number of rotatable bonds is 5. The molecule has 152 valence electrons. The first-order valence-electron chi connectivity index (χ1n) is 11.1. The van der Waals surface area contributed by atoms with Crippen molar-refractivity contribution in [3.63, 3.8) is 0 Å². The lowest BCUT2D eigenvalue weighted by Gasteiger charge is -2.10. The minimum absolute atomic E-state index is 0.116.